The average molecular weight is 831 g/mol. The van der Waals surface area contributed by atoms with Crippen molar-refractivity contribution in [1.82, 2.24) is 36.5 Å². The summed E-state index contributed by atoms with van der Waals surface area (Å²) in [5.41, 5.74) is 7.26. The highest BCUT2D eigenvalue weighted by atomic mass is 16.4. The highest BCUT2D eigenvalue weighted by molar-refractivity contribution is 5.97. The van der Waals surface area contributed by atoms with E-state index in [0.717, 1.165) is 10.9 Å². The number of hydrogen-bond acceptors (Lipinski definition) is 11. The number of aliphatic carboxylic acids is 3. The molecule has 0 bridgehead atoms. The number of likely N-dealkylation sites (tertiary alicyclic amines) is 1. The van der Waals surface area contributed by atoms with Crippen molar-refractivity contribution in [2.24, 2.45) is 11.7 Å². The second-order valence-corrected chi connectivity index (χ2v) is 14.9. The molecule has 1 saturated heterocycles. The molecule has 21 nitrogen and oxygen atoms in total. The van der Waals surface area contributed by atoms with Crippen LogP contribution in [0.1, 0.15) is 71.3 Å². The van der Waals surface area contributed by atoms with Gasteiger partial charge in [0.15, 0.2) is 0 Å². The first-order valence-corrected chi connectivity index (χ1v) is 19.2. The third kappa shape index (κ3) is 14.4. The third-order valence-corrected chi connectivity index (χ3v) is 9.66. The number of H-pyrrole nitrogens is 1. The monoisotopic (exact) mass is 830 g/mol. The molecule has 1 aromatic heterocycles. The minimum atomic E-state index is -1.71. The molecule has 2 heterocycles. The predicted octanol–water partition coefficient (Wildman–Crippen LogP) is -1.67. The van der Waals surface area contributed by atoms with Crippen molar-refractivity contribution in [2.45, 2.75) is 114 Å². The number of aromatic amines is 1. The molecule has 1 aliphatic rings. The fraction of sp³-hybridized carbons (Fsp3) is 0.553. The van der Waals surface area contributed by atoms with Crippen molar-refractivity contribution in [3.8, 4) is 0 Å². The van der Waals surface area contributed by atoms with Crippen LogP contribution in [0.3, 0.4) is 0 Å². The fourth-order valence-corrected chi connectivity index (χ4v) is 6.60. The van der Waals surface area contributed by atoms with E-state index in [2.05, 4.69) is 31.6 Å². The van der Waals surface area contributed by atoms with Gasteiger partial charge in [0.25, 0.3) is 0 Å². The van der Waals surface area contributed by atoms with Gasteiger partial charge in [-0.2, -0.15) is 0 Å². The molecule has 3 rings (SSSR count). The largest absolute Gasteiger partial charge is 0.481 e. The number of aliphatic hydroxyl groups excluding tert-OH is 1. The normalized spacial score (nSPS) is 16.8. The van der Waals surface area contributed by atoms with Crippen molar-refractivity contribution in [2.75, 3.05) is 13.1 Å². The first-order chi connectivity index (χ1) is 27.8. The molecule has 1 aromatic carbocycles. The van der Waals surface area contributed by atoms with E-state index in [-0.39, 0.29) is 44.6 Å². The smallest absolute Gasteiger partial charge is 0.326 e. The van der Waals surface area contributed by atoms with Crippen LogP contribution in [0.4, 0.5) is 0 Å². The number of carboxylic acid groups (broad SMARTS) is 3. The van der Waals surface area contributed by atoms with Gasteiger partial charge in [-0.05, 0) is 56.6 Å². The minimum absolute atomic E-state index is 0.0163. The van der Waals surface area contributed by atoms with Crippen LogP contribution in [0.5, 0.6) is 0 Å². The van der Waals surface area contributed by atoms with Gasteiger partial charge < -0.3 is 62.6 Å². The quantitative estimate of drug-likeness (QED) is 0.0597. The molecule has 0 radical (unpaired) electrons. The highest BCUT2D eigenvalue weighted by Gasteiger charge is 2.37. The number of carbonyl (C=O) groups is 9. The molecule has 1 fully saturated rings. The van der Waals surface area contributed by atoms with Crippen molar-refractivity contribution in [3.63, 3.8) is 0 Å². The zero-order chi connectivity index (χ0) is 44.0. The summed E-state index contributed by atoms with van der Waals surface area (Å²) in [5, 5.41) is 50.7. The summed E-state index contributed by atoms with van der Waals surface area (Å²) < 4.78 is 0. The molecule has 0 saturated carbocycles. The maximum Gasteiger partial charge on any atom is 0.326 e. The average Bonchev–Trinajstić information content (AvgIpc) is 3.83. The van der Waals surface area contributed by atoms with E-state index in [1.807, 2.05) is 0 Å². The van der Waals surface area contributed by atoms with E-state index in [1.165, 1.54) is 11.8 Å². The number of fused-ring (bicyclic) bond motifs is 1. The zero-order valence-corrected chi connectivity index (χ0v) is 33.1. The van der Waals surface area contributed by atoms with Crippen molar-refractivity contribution < 1.29 is 63.6 Å². The number of carbonyl (C=O) groups excluding carboxylic acids is 6. The maximum absolute atomic E-state index is 14.0. The van der Waals surface area contributed by atoms with Crippen molar-refractivity contribution in [1.29, 1.82) is 0 Å². The Morgan fingerprint density at radius 1 is 0.831 bits per heavy atom. The summed E-state index contributed by atoms with van der Waals surface area (Å²) in [6.07, 6.45) is -0.747. The van der Waals surface area contributed by atoms with Crippen LogP contribution in [0.25, 0.3) is 10.9 Å². The first kappa shape index (κ1) is 47.3. The summed E-state index contributed by atoms with van der Waals surface area (Å²) in [6, 6.07) is -0.939. The zero-order valence-electron chi connectivity index (χ0n) is 33.1. The lowest BCUT2D eigenvalue weighted by molar-refractivity contribution is -0.144. The van der Waals surface area contributed by atoms with E-state index in [9.17, 15) is 53.4 Å². The Bertz CT molecular complexity index is 1860. The van der Waals surface area contributed by atoms with E-state index in [0.29, 0.717) is 12.0 Å². The van der Waals surface area contributed by atoms with Crippen LogP contribution in [0.15, 0.2) is 30.5 Å². The molecule has 59 heavy (non-hydrogen) atoms. The molecule has 0 aliphatic carbocycles. The van der Waals surface area contributed by atoms with Gasteiger partial charge in [-0.15, -0.1) is 0 Å². The molecule has 1 aliphatic heterocycles. The van der Waals surface area contributed by atoms with Crippen LogP contribution in [-0.4, -0.2) is 139 Å². The van der Waals surface area contributed by atoms with E-state index in [4.69, 9.17) is 15.9 Å². The number of para-hydroxylation sites is 1. The van der Waals surface area contributed by atoms with Gasteiger partial charge in [-0.3, -0.25) is 38.4 Å². The second-order valence-electron chi connectivity index (χ2n) is 14.9. The molecule has 12 N–H and O–H groups in total. The number of nitrogens with zero attached hydrogens (tertiary/aromatic N) is 1. The number of hydrogen-bond donors (Lipinski definition) is 11. The molecule has 21 heteroatoms. The van der Waals surface area contributed by atoms with Crippen LogP contribution in [0, 0.1) is 5.92 Å². The molecule has 0 spiro atoms. The molecular formula is C38H54N8O13. The van der Waals surface area contributed by atoms with Gasteiger partial charge in [0.1, 0.15) is 30.2 Å². The third-order valence-electron chi connectivity index (χ3n) is 9.66. The van der Waals surface area contributed by atoms with Gasteiger partial charge in [0.2, 0.25) is 35.4 Å². The standard InChI is InChI=1S/C38H54N8O13/c1-19(2)15-26(34(54)45-32(20(3)47)36(56)43-25(38(58)59)11-13-31(51)52)44-33(53)27(16-21-17-40-24-8-5-4-7-22(21)24)42-29(48)18-41-35(55)28-9-6-14-46(28)37(57)23(39)10-12-30(49)50/h4-5,7-8,17,19-20,23,25-28,32,40,47H,6,9-16,18,39H2,1-3H3,(H,41,55)(H,42,48)(H,43,56)(H,44,53)(H,45,54)(H,49,50)(H,51,52)(H,58,59)/t20-,23+,25+,26+,27+,28+,32+/m1/s1. The number of aliphatic hydroxyl groups is 1. The Morgan fingerprint density at radius 2 is 1.46 bits per heavy atom. The van der Waals surface area contributed by atoms with Crippen LogP contribution in [0.2, 0.25) is 0 Å². The predicted molar refractivity (Wildman–Crippen MR) is 208 cm³/mol. The SMILES string of the molecule is CC(C)C[C@H](NC(=O)[C@H](Cc1c[nH]c2ccccc12)NC(=O)CNC(=O)[C@@H]1CCCN1C(=O)[C@@H](N)CCC(=O)O)C(=O)N[C@H](C(=O)N[C@@H](CCC(=O)O)C(=O)O)[C@@H](C)O. The maximum atomic E-state index is 14.0. The number of rotatable bonds is 23. The Morgan fingerprint density at radius 3 is 2.08 bits per heavy atom. The Hall–Kier alpha value is -6.09. The highest BCUT2D eigenvalue weighted by Crippen LogP contribution is 2.21. The Labute approximate surface area is 339 Å². The molecule has 2 aromatic rings. The lowest BCUT2D eigenvalue weighted by Gasteiger charge is -2.28. The second kappa shape index (κ2) is 22.2. The lowest BCUT2D eigenvalue weighted by Crippen LogP contribution is -2.60. The number of benzene rings is 1. The van der Waals surface area contributed by atoms with E-state index < -0.39 is 115 Å². The van der Waals surface area contributed by atoms with Crippen LogP contribution >= 0.6 is 0 Å². The lowest BCUT2D eigenvalue weighted by atomic mass is 10.00. The Kier molecular flexibility index (Phi) is 17.8. The first-order valence-electron chi connectivity index (χ1n) is 19.2. The van der Waals surface area contributed by atoms with Gasteiger partial charge in [-0.25, -0.2) is 4.79 Å². The number of nitrogens with two attached hydrogens (primary N) is 1. The number of amides is 6. The van der Waals surface area contributed by atoms with Gasteiger partial charge in [0, 0.05) is 42.9 Å². The molecular weight excluding hydrogens is 776 g/mol. The van der Waals surface area contributed by atoms with E-state index >= 15 is 0 Å². The fourth-order valence-electron chi connectivity index (χ4n) is 6.60. The van der Waals surface area contributed by atoms with Crippen LogP contribution in [-0.2, 0) is 49.6 Å². The van der Waals surface area contributed by atoms with Gasteiger partial charge in [-0.1, -0.05) is 32.0 Å². The van der Waals surface area contributed by atoms with Gasteiger partial charge >= 0.3 is 17.9 Å². The summed E-state index contributed by atoms with van der Waals surface area (Å²) in [7, 11) is 0. The number of nitrogens with one attached hydrogen (secondary N) is 6. The topological polar surface area (TPSA) is 340 Å². The Balaban J connectivity index is 1.78. The minimum Gasteiger partial charge on any atom is -0.481 e. The molecule has 324 valence electrons. The number of carboxylic acids is 3. The summed E-state index contributed by atoms with van der Waals surface area (Å²) in [4.78, 5) is 118. The number of aromatic nitrogens is 1. The van der Waals surface area contributed by atoms with E-state index in [1.54, 1.807) is 44.3 Å². The molecule has 7 atom stereocenters. The van der Waals surface area contributed by atoms with Crippen molar-refractivity contribution in [3.05, 3.63) is 36.0 Å². The summed E-state index contributed by atoms with van der Waals surface area (Å²) in [5.74, 6) is -9.08. The summed E-state index contributed by atoms with van der Waals surface area (Å²) >= 11 is 0. The van der Waals surface area contributed by atoms with Crippen LogP contribution < -0.4 is 32.3 Å². The molecule has 0 unspecified atom stereocenters. The molecule has 6 amide bonds. The van der Waals surface area contributed by atoms with Gasteiger partial charge in [0.05, 0.1) is 18.7 Å². The summed E-state index contributed by atoms with van der Waals surface area (Å²) in [6.45, 7) is 4.27. The van der Waals surface area contributed by atoms with Crippen molar-refractivity contribution >= 4 is 64.3 Å².